The van der Waals surface area contributed by atoms with Crippen molar-refractivity contribution in [1.29, 1.82) is 0 Å². The van der Waals surface area contributed by atoms with Crippen LogP contribution in [0.1, 0.15) is 30.1 Å². The Morgan fingerprint density at radius 1 is 1.39 bits per heavy atom. The van der Waals surface area contributed by atoms with Gasteiger partial charge in [-0.25, -0.2) is 0 Å². The number of aromatic nitrogens is 1. The molecule has 3 nitrogen and oxygen atoms in total. The van der Waals surface area contributed by atoms with E-state index in [1.54, 1.807) is 0 Å². The molecule has 0 amide bonds. The molecule has 1 aromatic carbocycles. The number of hydrogen-bond donors (Lipinski definition) is 0. The largest absolute Gasteiger partial charge is 0.360 e. The SMILES string of the molecule is O=CCc1c(-c2ccccc2Cl)noc1C1CC1. The zero-order chi connectivity index (χ0) is 12.5. The average molecular weight is 262 g/mol. The third kappa shape index (κ3) is 1.95. The fraction of sp³-hybridized carbons (Fsp3) is 0.286. The van der Waals surface area contributed by atoms with Crippen LogP contribution in [0, 0.1) is 0 Å². The van der Waals surface area contributed by atoms with Crippen molar-refractivity contribution >= 4 is 17.9 Å². The Morgan fingerprint density at radius 3 is 2.83 bits per heavy atom. The number of nitrogens with zero attached hydrogens (tertiary/aromatic N) is 1. The molecule has 4 heteroatoms. The van der Waals surface area contributed by atoms with Crippen molar-refractivity contribution in [3.8, 4) is 11.3 Å². The van der Waals surface area contributed by atoms with E-state index in [2.05, 4.69) is 5.16 Å². The number of benzene rings is 1. The van der Waals surface area contributed by atoms with E-state index in [0.717, 1.165) is 36.0 Å². The second-order valence-corrected chi connectivity index (χ2v) is 4.91. The summed E-state index contributed by atoms with van der Waals surface area (Å²) in [4.78, 5) is 10.8. The second kappa shape index (κ2) is 4.58. The molecule has 0 bridgehead atoms. The van der Waals surface area contributed by atoms with E-state index < -0.39 is 0 Å². The molecule has 0 atom stereocenters. The van der Waals surface area contributed by atoms with Crippen molar-refractivity contribution in [1.82, 2.24) is 5.16 Å². The van der Waals surface area contributed by atoms with E-state index in [4.69, 9.17) is 16.1 Å². The summed E-state index contributed by atoms with van der Waals surface area (Å²) < 4.78 is 5.41. The third-order valence-corrected chi connectivity index (χ3v) is 3.51. The van der Waals surface area contributed by atoms with Crippen LogP contribution in [0.2, 0.25) is 5.02 Å². The van der Waals surface area contributed by atoms with Gasteiger partial charge >= 0.3 is 0 Å². The summed E-state index contributed by atoms with van der Waals surface area (Å²) in [5, 5.41) is 4.73. The Kier molecular flexibility index (Phi) is 2.92. The molecule has 0 aliphatic heterocycles. The maximum Gasteiger partial charge on any atom is 0.144 e. The van der Waals surface area contributed by atoms with Crippen LogP contribution in [0.25, 0.3) is 11.3 Å². The van der Waals surface area contributed by atoms with Gasteiger partial charge in [-0.15, -0.1) is 0 Å². The van der Waals surface area contributed by atoms with Crippen LogP contribution in [0.4, 0.5) is 0 Å². The normalized spacial score (nSPS) is 14.7. The first kappa shape index (κ1) is 11.5. The molecule has 0 unspecified atom stereocenters. The number of hydrogen-bond acceptors (Lipinski definition) is 3. The molecule has 0 saturated heterocycles. The van der Waals surface area contributed by atoms with Crippen LogP contribution in [-0.4, -0.2) is 11.4 Å². The molecule has 3 rings (SSSR count). The maximum absolute atomic E-state index is 10.8. The minimum atomic E-state index is 0.329. The highest BCUT2D eigenvalue weighted by Crippen LogP contribution is 2.44. The van der Waals surface area contributed by atoms with E-state index in [1.807, 2.05) is 24.3 Å². The fourth-order valence-corrected chi connectivity index (χ4v) is 2.36. The summed E-state index contributed by atoms with van der Waals surface area (Å²) >= 11 is 6.17. The van der Waals surface area contributed by atoms with E-state index >= 15 is 0 Å². The van der Waals surface area contributed by atoms with Crippen molar-refractivity contribution in [2.24, 2.45) is 0 Å². The minimum Gasteiger partial charge on any atom is -0.360 e. The van der Waals surface area contributed by atoms with Crippen LogP contribution < -0.4 is 0 Å². The lowest BCUT2D eigenvalue weighted by Crippen LogP contribution is -1.92. The molecular formula is C14H12ClNO2. The zero-order valence-electron chi connectivity index (χ0n) is 9.73. The van der Waals surface area contributed by atoms with E-state index in [-0.39, 0.29) is 0 Å². The second-order valence-electron chi connectivity index (χ2n) is 4.50. The van der Waals surface area contributed by atoms with Gasteiger partial charge in [0.1, 0.15) is 17.7 Å². The lowest BCUT2D eigenvalue weighted by molar-refractivity contribution is -0.107. The van der Waals surface area contributed by atoms with Gasteiger partial charge < -0.3 is 9.32 Å². The molecular weight excluding hydrogens is 250 g/mol. The summed E-state index contributed by atoms with van der Waals surface area (Å²) in [6, 6.07) is 7.47. The van der Waals surface area contributed by atoms with Crippen molar-refractivity contribution in [3.63, 3.8) is 0 Å². The molecule has 1 aliphatic rings. The van der Waals surface area contributed by atoms with Crippen molar-refractivity contribution in [2.75, 3.05) is 0 Å². The smallest absolute Gasteiger partial charge is 0.144 e. The lowest BCUT2D eigenvalue weighted by Gasteiger charge is -2.02. The van der Waals surface area contributed by atoms with Gasteiger partial charge in [-0.05, 0) is 18.9 Å². The lowest BCUT2D eigenvalue weighted by atomic mass is 10.0. The van der Waals surface area contributed by atoms with Gasteiger partial charge in [0, 0.05) is 23.5 Å². The first-order valence-corrected chi connectivity index (χ1v) is 6.36. The van der Waals surface area contributed by atoms with Crippen LogP contribution in [0.15, 0.2) is 28.8 Å². The molecule has 1 aromatic heterocycles. The predicted octanol–water partition coefficient (Wildman–Crippen LogP) is 3.61. The summed E-state index contributed by atoms with van der Waals surface area (Å²) in [6.07, 6.45) is 3.45. The maximum atomic E-state index is 10.8. The zero-order valence-corrected chi connectivity index (χ0v) is 10.5. The first-order chi connectivity index (χ1) is 8.81. The minimum absolute atomic E-state index is 0.329. The highest BCUT2D eigenvalue weighted by atomic mass is 35.5. The standard InChI is InChI=1S/C14H12ClNO2/c15-12-4-2-1-3-10(12)13-11(7-8-17)14(18-16-13)9-5-6-9/h1-4,8-9H,5-7H2. The molecule has 1 heterocycles. The number of carbonyl (C=O) groups is 1. The van der Waals surface area contributed by atoms with Gasteiger partial charge in [0.2, 0.25) is 0 Å². The quantitative estimate of drug-likeness (QED) is 0.790. The van der Waals surface area contributed by atoms with Gasteiger partial charge in [-0.3, -0.25) is 0 Å². The average Bonchev–Trinajstić information content (AvgIpc) is 3.13. The van der Waals surface area contributed by atoms with Gasteiger partial charge in [-0.2, -0.15) is 0 Å². The monoisotopic (exact) mass is 261 g/mol. The summed E-state index contributed by atoms with van der Waals surface area (Å²) in [5.74, 6) is 1.29. The van der Waals surface area contributed by atoms with E-state index in [0.29, 0.717) is 23.1 Å². The van der Waals surface area contributed by atoms with Crippen LogP contribution in [-0.2, 0) is 11.2 Å². The number of rotatable bonds is 4. The van der Waals surface area contributed by atoms with Crippen molar-refractivity contribution in [2.45, 2.75) is 25.2 Å². The molecule has 92 valence electrons. The van der Waals surface area contributed by atoms with E-state index in [1.165, 1.54) is 0 Å². The predicted molar refractivity (Wildman–Crippen MR) is 68.7 cm³/mol. The molecule has 0 radical (unpaired) electrons. The summed E-state index contributed by atoms with van der Waals surface area (Å²) in [6.45, 7) is 0. The highest BCUT2D eigenvalue weighted by molar-refractivity contribution is 6.33. The van der Waals surface area contributed by atoms with Crippen LogP contribution >= 0.6 is 11.6 Å². The molecule has 0 spiro atoms. The van der Waals surface area contributed by atoms with Gasteiger partial charge in [0.15, 0.2) is 0 Å². The summed E-state index contributed by atoms with van der Waals surface area (Å²) in [7, 11) is 0. The Hall–Kier alpha value is -1.61. The van der Waals surface area contributed by atoms with Gasteiger partial charge in [0.25, 0.3) is 0 Å². The Morgan fingerprint density at radius 2 is 2.17 bits per heavy atom. The fourth-order valence-electron chi connectivity index (χ4n) is 2.13. The Bertz CT molecular complexity index is 587. The number of halogens is 1. The first-order valence-electron chi connectivity index (χ1n) is 5.98. The Labute approximate surface area is 110 Å². The molecule has 0 N–H and O–H groups in total. The number of aldehydes is 1. The van der Waals surface area contributed by atoms with E-state index in [9.17, 15) is 4.79 Å². The molecule has 18 heavy (non-hydrogen) atoms. The summed E-state index contributed by atoms with van der Waals surface area (Å²) in [5.41, 5.74) is 2.42. The third-order valence-electron chi connectivity index (χ3n) is 3.18. The van der Waals surface area contributed by atoms with Crippen LogP contribution in [0.3, 0.4) is 0 Å². The van der Waals surface area contributed by atoms with Crippen LogP contribution in [0.5, 0.6) is 0 Å². The van der Waals surface area contributed by atoms with Crippen molar-refractivity contribution < 1.29 is 9.32 Å². The molecule has 2 aromatic rings. The topological polar surface area (TPSA) is 43.1 Å². The highest BCUT2D eigenvalue weighted by Gasteiger charge is 2.32. The Balaban J connectivity index is 2.11. The van der Waals surface area contributed by atoms with Crippen molar-refractivity contribution in [3.05, 3.63) is 40.6 Å². The van der Waals surface area contributed by atoms with Gasteiger partial charge in [-0.1, -0.05) is 35.0 Å². The number of carbonyl (C=O) groups excluding carboxylic acids is 1. The molecule has 1 fully saturated rings. The molecule has 1 saturated carbocycles. The van der Waals surface area contributed by atoms with Gasteiger partial charge in [0.05, 0.1) is 5.02 Å². The molecule has 1 aliphatic carbocycles.